The summed E-state index contributed by atoms with van der Waals surface area (Å²) in [6.45, 7) is 0. The Morgan fingerprint density at radius 1 is 1.00 bits per heavy atom. The van der Waals surface area contributed by atoms with Crippen LogP contribution in [0.4, 0.5) is 26.3 Å². The molecule has 0 spiro atoms. The first-order valence-electron chi connectivity index (χ1n) is 6.23. The van der Waals surface area contributed by atoms with E-state index >= 15 is 0 Å². The number of aromatic nitrogens is 3. The molecule has 0 saturated heterocycles. The zero-order valence-corrected chi connectivity index (χ0v) is 11.4. The summed E-state index contributed by atoms with van der Waals surface area (Å²) < 4.78 is 79.8. The monoisotopic (exact) mass is 331 g/mol. The molecule has 120 valence electrons. The lowest BCUT2D eigenvalue weighted by Gasteiger charge is -2.06. The number of hydrogen-bond acceptors (Lipinski definition) is 2. The van der Waals surface area contributed by atoms with E-state index in [9.17, 15) is 26.3 Å². The first-order valence-corrected chi connectivity index (χ1v) is 6.23. The van der Waals surface area contributed by atoms with E-state index in [0.29, 0.717) is 18.3 Å². The van der Waals surface area contributed by atoms with Crippen LogP contribution in [0.5, 0.6) is 0 Å². The van der Waals surface area contributed by atoms with Crippen molar-refractivity contribution in [2.45, 2.75) is 6.18 Å². The Morgan fingerprint density at radius 3 is 2.17 bits per heavy atom. The van der Waals surface area contributed by atoms with Gasteiger partial charge in [-0.15, -0.1) is 0 Å². The summed E-state index contributed by atoms with van der Waals surface area (Å²) in [5, 5.41) is 0. The highest BCUT2D eigenvalue weighted by atomic mass is 19.4. The minimum atomic E-state index is -4.62. The van der Waals surface area contributed by atoms with Gasteiger partial charge in [-0.1, -0.05) is 0 Å². The number of nitrogens with zero attached hydrogens (tertiary/aromatic N) is 3. The van der Waals surface area contributed by atoms with E-state index in [1.54, 1.807) is 0 Å². The molecule has 0 aliphatic rings. The molecule has 0 aliphatic heterocycles. The fourth-order valence-corrected chi connectivity index (χ4v) is 2.21. The van der Waals surface area contributed by atoms with E-state index in [0.717, 1.165) is 10.6 Å². The molecule has 0 fully saturated rings. The van der Waals surface area contributed by atoms with Gasteiger partial charge in [-0.2, -0.15) is 13.2 Å². The molecule has 0 radical (unpaired) electrons. The molecule has 0 atom stereocenters. The van der Waals surface area contributed by atoms with Crippen molar-refractivity contribution >= 4 is 11.2 Å². The number of imidazole rings is 1. The maximum atomic E-state index is 13.8. The van der Waals surface area contributed by atoms with Crippen LogP contribution in [0.3, 0.4) is 0 Å². The van der Waals surface area contributed by atoms with Crippen LogP contribution in [0.25, 0.3) is 22.6 Å². The zero-order valence-electron chi connectivity index (χ0n) is 11.4. The SMILES string of the molecule is Cn1c(-c2c(F)cc(F)cc2F)nc2cc(C(F)(F)F)cnc21. The minimum Gasteiger partial charge on any atom is -0.312 e. The van der Waals surface area contributed by atoms with Crippen LogP contribution in [-0.2, 0) is 13.2 Å². The normalized spacial score (nSPS) is 12.1. The first-order chi connectivity index (χ1) is 10.7. The molecule has 2 heterocycles. The highest BCUT2D eigenvalue weighted by Crippen LogP contribution is 2.32. The van der Waals surface area contributed by atoms with Crippen LogP contribution < -0.4 is 0 Å². The van der Waals surface area contributed by atoms with Crippen LogP contribution in [-0.4, -0.2) is 14.5 Å². The number of alkyl halides is 3. The van der Waals surface area contributed by atoms with Gasteiger partial charge in [0.25, 0.3) is 0 Å². The van der Waals surface area contributed by atoms with Crippen molar-refractivity contribution in [3.63, 3.8) is 0 Å². The van der Waals surface area contributed by atoms with Gasteiger partial charge in [-0.05, 0) is 6.07 Å². The Balaban J connectivity index is 2.26. The number of benzene rings is 1. The predicted octanol–water partition coefficient (Wildman–Crippen LogP) is 4.07. The Morgan fingerprint density at radius 2 is 1.61 bits per heavy atom. The molecule has 0 N–H and O–H groups in total. The molecular formula is C14H7F6N3. The molecule has 3 rings (SSSR count). The van der Waals surface area contributed by atoms with Crippen molar-refractivity contribution in [1.82, 2.24) is 14.5 Å². The summed E-state index contributed by atoms with van der Waals surface area (Å²) >= 11 is 0. The Bertz CT molecular complexity index is 890. The second kappa shape index (κ2) is 4.97. The van der Waals surface area contributed by atoms with E-state index in [1.165, 1.54) is 7.05 Å². The molecular weight excluding hydrogens is 324 g/mol. The Labute approximate surface area is 125 Å². The summed E-state index contributed by atoms with van der Waals surface area (Å²) in [4.78, 5) is 7.44. The van der Waals surface area contributed by atoms with E-state index in [4.69, 9.17) is 0 Å². The molecule has 0 amide bonds. The van der Waals surface area contributed by atoms with Gasteiger partial charge in [0, 0.05) is 25.4 Å². The number of rotatable bonds is 1. The van der Waals surface area contributed by atoms with Gasteiger partial charge in [-0.3, -0.25) is 0 Å². The van der Waals surface area contributed by atoms with Crippen molar-refractivity contribution in [1.29, 1.82) is 0 Å². The van der Waals surface area contributed by atoms with Crippen LogP contribution in [0.1, 0.15) is 5.56 Å². The second-order valence-corrected chi connectivity index (χ2v) is 4.80. The molecule has 23 heavy (non-hydrogen) atoms. The van der Waals surface area contributed by atoms with E-state index in [-0.39, 0.29) is 17.0 Å². The summed E-state index contributed by atoms with van der Waals surface area (Å²) in [6, 6.07) is 1.66. The highest BCUT2D eigenvalue weighted by molar-refractivity contribution is 5.78. The quantitative estimate of drug-likeness (QED) is 0.629. The summed E-state index contributed by atoms with van der Waals surface area (Å²) in [5.41, 5.74) is -1.84. The number of halogens is 6. The van der Waals surface area contributed by atoms with Crippen LogP contribution in [0, 0.1) is 17.5 Å². The third-order valence-electron chi connectivity index (χ3n) is 3.27. The largest absolute Gasteiger partial charge is 0.417 e. The molecule has 0 aliphatic carbocycles. The van der Waals surface area contributed by atoms with Crippen molar-refractivity contribution < 1.29 is 26.3 Å². The van der Waals surface area contributed by atoms with Gasteiger partial charge in [0.2, 0.25) is 0 Å². The van der Waals surface area contributed by atoms with Crippen LogP contribution in [0.2, 0.25) is 0 Å². The van der Waals surface area contributed by atoms with Crippen molar-refractivity contribution in [3.8, 4) is 11.4 Å². The first kappa shape index (κ1) is 15.3. The molecule has 3 aromatic rings. The van der Waals surface area contributed by atoms with Gasteiger partial charge in [-0.25, -0.2) is 23.1 Å². The fraction of sp³-hybridized carbons (Fsp3) is 0.143. The molecule has 1 aromatic carbocycles. The Hall–Kier alpha value is -2.58. The third-order valence-corrected chi connectivity index (χ3v) is 3.27. The number of pyridine rings is 1. The summed E-state index contributed by atoms with van der Waals surface area (Å²) in [6.07, 6.45) is -4.02. The minimum absolute atomic E-state index is 0.0103. The van der Waals surface area contributed by atoms with Gasteiger partial charge in [0.1, 0.15) is 28.8 Å². The summed E-state index contributed by atoms with van der Waals surface area (Å²) in [7, 11) is 1.34. The predicted molar refractivity (Wildman–Crippen MR) is 68.8 cm³/mol. The van der Waals surface area contributed by atoms with E-state index in [1.807, 2.05) is 0 Å². The molecule has 0 unspecified atom stereocenters. The number of aryl methyl sites for hydroxylation is 1. The smallest absolute Gasteiger partial charge is 0.312 e. The van der Waals surface area contributed by atoms with Gasteiger partial charge < -0.3 is 4.57 Å². The maximum Gasteiger partial charge on any atom is 0.417 e. The highest BCUT2D eigenvalue weighted by Gasteiger charge is 2.32. The zero-order chi connectivity index (χ0) is 16.9. The summed E-state index contributed by atoms with van der Waals surface area (Å²) in [5.74, 6) is -3.82. The van der Waals surface area contributed by atoms with Crippen molar-refractivity contribution in [3.05, 3.63) is 47.4 Å². The fourth-order valence-electron chi connectivity index (χ4n) is 2.21. The topological polar surface area (TPSA) is 30.7 Å². The average Bonchev–Trinajstić information content (AvgIpc) is 2.74. The van der Waals surface area contributed by atoms with Gasteiger partial charge in [0.15, 0.2) is 5.65 Å². The standard InChI is InChI=1S/C14H7F6N3/c1-23-12-10(2-6(5-21-12)14(18,19)20)22-13(23)11-8(16)3-7(15)4-9(11)17/h2-5H,1H3. The Kier molecular flexibility index (Phi) is 3.31. The lowest BCUT2D eigenvalue weighted by atomic mass is 10.2. The lowest BCUT2D eigenvalue weighted by molar-refractivity contribution is -0.137. The van der Waals surface area contributed by atoms with E-state index < -0.39 is 34.8 Å². The number of hydrogen-bond donors (Lipinski definition) is 0. The van der Waals surface area contributed by atoms with Crippen LogP contribution in [0.15, 0.2) is 24.4 Å². The van der Waals surface area contributed by atoms with Gasteiger partial charge >= 0.3 is 6.18 Å². The molecule has 9 heteroatoms. The maximum absolute atomic E-state index is 13.8. The van der Waals surface area contributed by atoms with Crippen molar-refractivity contribution in [2.24, 2.45) is 7.05 Å². The molecule has 0 bridgehead atoms. The molecule has 0 saturated carbocycles. The van der Waals surface area contributed by atoms with Crippen molar-refractivity contribution in [2.75, 3.05) is 0 Å². The average molecular weight is 331 g/mol. The third kappa shape index (κ3) is 2.51. The molecule has 2 aromatic heterocycles. The number of fused-ring (bicyclic) bond motifs is 1. The van der Waals surface area contributed by atoms with Gasteiger partial charge in [0.05, 0.1) is 11.1 Å². The second-order valence-electron chi connectivity index (χ2n) is 4.80. The molecule has 3 nitrogen and oxygen atoms in total. The van der Waals surface area contributed by atoms with Crippen LogP contribution >= 0.6 is 0 Å². The van der Waals surface area contributed by atoms with E-state index in [2.05, 4.69) is 9.97 Å². The lowest BCUT2D eigenvalue weighted by Crippen LogP contribution is -2.05.